The van der Waals surface area contributed by atoms with E-state index in [4.69, 9.17) is 0 Å². The van der Waals surface area contributed by atoms with Crippen molar-refractivity contribution in [3.8, 4) is 22.3 Å². The fourth-order valence-electron chi connectivity index (χ4n) is 3.25. The monoisotopic (exact) mass is 364 g/mol. The maximum Gasteiger partial charge on any atom is -0.0105 e. The van der Waals surface area contributed by atoms with Crippen molar-refractivity contribution in [2.75, 3.05) is 0 Å². The van der Waals surface area contributed by atoms with Gasteiger partial charge in [0.15, 0.2) is 0 Å². The molecule has 0 atom stereocenters. The zero-order chi connectivity index (χ0) is 19.4. The van der Waals surface area contributed by atoms with Crippen LogP contribution in [0.15, 0.2) is 115 Å². The lowest BCUT2D eigenvalue weighted by Gasteiger charge is -2.09. The highest BCUT2D eigenvalue weighted by Gasteiger charge is 2.05. The normalized spacial score (nSPS) is 10.0. The van der Waals surface area contributed by atoms with Gasteiger partial charge in [-0.1, -0.05) is 129 Å². The lowest BCUT2D eigenvalue weighted by molar-refractivity contribution is 0.795. The van der Waals surface area contributed by atoms with E-state index in [0.29, 0.717) is 0 Å². The van der Waals surface area contributed by atoms with Crippen LogP contribution in [-0.2, 0) is 6.42 Å². The first-order valence-corrected chi connectivity index (χ1v) is 10.1. The van der Waals surface area contributed by atoms with Gasteiger partial charge in [0.1, 0.15) is 0 Å². The highest BCUT2D eigenvalue weighted by molar-refractivity contribution is 5.83. The first-order chi connectivity index (χ1) is 13.9. The number of unbranched alkanes of at least 4 members (excludes halogenated alkanes) is 1. The SMILES string of the molecule is CCCCc1ccccc1.c1ccc(-c2ccccc2-c2ccccc2)cc1. The van der Waals surface area contributed by atoms with Crippen LogP contribution in [0.25, 0.3) is 22.3 Å². The van der Waals surface area contributed by atoms with Crippen molar-refractivity contribution < 1.29 is 0 Å². The first kappa shape index (κ1) is 19.6. The molecule has 0 aromatic heterocycles. The molecule has 0 spiro atoms. The van der Waals surface area contributed by atoms with Crippen molar-refractivity contribution in [2.45, 2.75) is 26.2 Å². The summed E-state index contributed by atoms with van der Waals surface area (Å²) >= 11 is 0. The molecule has 140 valence electrons. The molecule has 4 aromatic rings. The van der Waals surface area contributed by atoms with Gasteiger partial charge in [0.25, 0.3) is 0 Å². The van der Waals surface area contributed by atoms with Crippen molar-refractivity contribution in [1.82, 2.24) is 0 Å². The van der Waals surface area contributed by atoms with E-state index in [0.717, 1.165) is 0 Å². The van der Waals surface area contributed by atoms with Gasteiger partial charge in [-0.05, 0) is 40.7 Å². The van der Waals surface area contributed by atoms with Gasteiger partial charge in [0.2, 0.25) is 0 Å². The molecule has 0 aliphatic heterocycles. The predicted octanol–water partition coefficient (Wildman–Crippen LogP) is 8.05. The van der Waals surface area contributed by atoms with E-state index < -0.39 is 0 Å². The molecule has 0 unspecified atom stereocenters. The molecule has 0 heteroatoms. The van der Waals surface area contributed by atoms with Gasteiger partial charge >= 0.3 is 0 Å². The zero-order valence-corrected chi connectivity index (χ0v) is 16.6. The molecule has 0 nitrogen and oxygen atoms in total. The Balaban J connectivity index is 0.000000192. The highest BCUT2D eigenvalue weighted by Crippen LogP contribution is 2.31. The minimum atomic E-state index is 1.23. The third kappa shape index (κ3) is 5.69. The Kier molecular flexibility index (Phi) is 7.64. The summed E-state index contributed by atoms with van der Waals surface area (Å²) in [5.41, 5.74) is 6.55. The molecule has 0 heterocycles. The summed E-state index contributed by atoms with van der Waals surface area (Å²) in [7, 11) is 0. The average Bonchev–Trinajstić information content (AvgIpc) is 2.80. The smallest absolute Gasteiger partial charge is 0.0105 e. The van der Waals surface area contributed by atoms with Crippen molar-refractivity contribution in [1.29, 1.82) is 0 Å². The lowest BCUT2D eigenvalue weighted by Crippen LogP contribution is -1.83. The molecule has 0 saturated heterocycles. The molecule has 28 heavy (non-hydrogen) atoms. The molecule has 0 radical (unpaired) electrons. The molecule has 0 fully saturated rings. The highest BCUT2D eigenvalue weighted by atomic mass is 14.1. The van der Waals surface area contributed by atoms with E-state index in [9.17, 15) is 0 Å². The summed E-state index contributed by atoms with van der Waals surface area (Å²) < 4.78 is 0. The lowest BCUT2D eigenvalue weighted by atomic mass is 9.95. The molecular formula is C28H28. The Bertz CT molecular complexity index is 867. The summed E-state index contributed by atoms with van der Waals surface area (Å²) in [6.07, 6.45) is 3.83. The predicted molar refractivity (Wildman–Crippen MR) is 122 cm³/mol. The second-order valence-corrected chi connectivity index (χ2v) is 6.87. The molecule has 4 aromatic carbocycles. The van der Waals surface area contributed by atoms with Crippen LogP contribution in [0.5, 0.6) is 0 Å². The number of rotatable bonds is 5. The van der Waals surface area contributed by atoms with Crippen LogP contribution in [-0.4, -0.2) is 0 Å². The number of benzene rings is 4. The molecule has 0 saturated carbocycles. The van der Waals surface area contributed by atoms with Crippen LogP contribution < -0.4 is 0 Å². The number of hydrogen-bond donors (Lipinski definition) is 0. The summed E-state index contributed by atoms with van der Waals surface area (Å²) in [6.45, 7) is 2.23. The summed E-state index contributed by atoms with van der Waals surface area (Å²) in [4.78, 5) is 0. The Morgan fingerprint density at radius 2 is 0.857 bits per heavy atom. The first-order valence-electron chi connectivity index (χ1n) is 10.1. The second-order valence-electron chi connectivity index (χ2n) is 6.87. The van der Waals surface area contributed by atoms with Gasteiger partial charge in [0, 0.05) is 0 Å². The van der Waals surface area contributed by atoms with E-state index in [-0.39, 0.29) is 0 Å². The van der Waals surface area contributed by atoms with E-state index in [1.165, 1.54) is 47.1 Å². The fraction of sp³-hybridized carbons (Fsp3) is 0.143. The van der Waals surface area contributed by atoms with Gasteiger partial charge in [-0.3, -0.25) is 0 Å². The third-order valence-corrected chi connectivity index (χ3v) is 4.76. The molecular weight excluding hydrogens is 336 g/mol. The quantitative estimate of drug-likeness (QED) is 0.336. The fourth-order valence-corrected chi connectivity index (χ4v) is 3.25. The van der Waals surface area contributed by atoms with Crippen LogP contribution in [0.4, 0.5) is 0 Å². The summed E-state index contributed by atoms with van der Waals surface area (Å²) in [6, 6.07) is 40.2. The van der Waals surface area contributed by atoms with Crippen LogP contribution in [0, 0.1) is 0 Å². The van der Waals surface area contributed by atoms with Gasteiger partial charge in [-0.15, -0.1) is 0 Å². The maximum absolute atomic E-state index is 2.23. The molecule has 0 aliphatic rings. The van der Waals surface area contributed by atoms with Gasteiger partial charge in [-0.25, -0.2) is 0 Å². The van der Waals surface area contributed by atoms with E-state index in [2.05, 4.69) is 122 Å². The van der Waals surface area contributed by atoms with E-state index in [1.807, 2.05) is 0 Å². The standard InChI is InChI=1S/C18H14.C10H14/c1-3-9-15(10-4-1)17-13-7-8-14-18(17)16-11-5-2-6-12-16;1-2-3-7-10-8-5-4-6-9-10/h1-14H;4-6,8-9H,2-3,7H2,1H3. The van der Waals surface area contributed by atoms with Crippen molar-refractivity contribution >= 4 is 0 Å². The van der Waals surface area contributed by atoms with Gasteiger partial charge in [-0.2, -0.15) is 0 Å². The molecule has 0 amide bonds. The largest absolute Gasteiger partial charge is 0.0654 e. The Labute approximate surface area is 169 Å². The van der Waals surface area contributed by atoms with Crippen LogP contribution in [0.1, 0.15) is 25.3 Å². The average molecular weight is 365 g/mol. The minimum Gasteiger partial charge on any atom is -0.0654 e. The minimum absolute atomic E-state index is 1.23. The molecule has 0 bridgehead atoms. The second kappa shape index (κ2) is 10.9. The van der Waals surface area contributed by atoms with Crippen LogP contribution >= 0.6 is 0 Å². The van der Waals surface area contributed by atoms with E-state index in [1.54, 1.807) is 0 Å². The topological polar surface area (TPSA) is 0 Å². The Morgan fingerprint density at radius 3 is 1.29 bits per heavy atom. The summed E-state index contributed by atoms with van der Waals surface area (Å²) in [5.74, 6) is 0. The molecule has 0 aliphatic carbocycles. The summed E-state index contributed by atoms with van der Waals surface area (Å²) in [5, 5.41) is 0. The van der Waals surface area contributed by atoms with Crippen LogP contribution in [0.3, 0.4) is 0 Å². The molecule has 0 N–H and O–H groups in total. The van der Waals surface area contributed by atoms with E-state index >= 15 is 0 Å². The van der Waals surface area contributed by atoms with Crippen molar-refractivity contribution in [3.63, 3.8) is 0 Å². The van der Waals surface area contributed by atoms with Gasteiger partial charge < -0.3 is 0 Å². The molecule has 4 rings (SSSR count). The number of aryl methyl sites for hydroxylation is 1. The van der Waals surface area contributed by atoms with Crippen molar-refractivity contribution in [2.24, 2.45) is 0 Å². The maximum atomic E-state index is 2.23. The van der Waals surface area contributed by atoms with Crippen LogP contribution in [0.2, 0.25) is 0 Å². The third-order valence-electron chi connectivity index (χ3n) is 4.76. The van der Waals surface area contributed by atoms with Gasteiger partial charge in [0.05, 0.1) is 0 Å². The van der Waals surface area contributed by atoms with Crippen molar-refractivity contribution in [3.05, 3.63) is 121 Å². The Hall–Kier alpha value is -3.12. The Morgan fingerprint density at radius 1 is 0.464 bits per heavy atom. The zero-order valence-electron chi connectivity index (χ0n) is 16.6. The number of hydrogen-bond acceptors (Lipinski definition) is 0.